The lowest BCUT2D eigenvalue weighted by atomic mass is 10.1. The third-order valence-electron chi connectivity index (χ3n) is 5.27. The number of nitro benzene ring substituents is 1. The molecule has 1 amide bonds. The number of ether oxygens (including phenoxy) is 2. The first kappa shape index (κ1) is 27.4. The van der Waals surface area contributed by atoms with Crippen molar-refractivity contribution in [2.24, 2.45) is 0 Å². The Morgan fingerprint density at radius 1 is 1.16 bits per heavy atom. The Kier molecular flexibility index (Phi) is 9.11. The number of nitrogens with zero attached hydrogens (tertiary/aromatic N) is 2. The molecule has 0 atom stereocenters. The normalized spacial score (nSPS) is 14.4. The van der Waals surface area contributed by atoms with Crippen LogP contribution in [-0.2, 0) is 11.4 Å². The van der Waals surface area contributed by atoms with E-state index in [1.807, 2.05) is 55.7 Å². The molecule has 3 aromatic rings. The van der Waals surface area contributed by atoms with Crippen LogP contribution in [0.4, 0.5) is 11.4 Å². The predicted molar refractivity (Wildman–Crippen MR) is 162 cm³/mol. The summed E-state index contributed by atoms with van der Waals surface area (Å²) in [7, 11) is 0. The molecular formula is C26H21IN2O5S3. The van der Waals surface area contributed by atoms with E-state index in [-0.39, 0.29) is 18.2 Å². The molecule has 1 fully saturated rings. The number of rotatable bonds is 9. The number of halogens is 1. The zero-order valence-corrected chi connectivity index (χ0v) is 24.4. The van der Waals surface area contributed by atoms with Crippen molar-refractivity contribution in [1.29, 1.82) is 0 Å². The number of non-ortho nitro benzene ring substituents is 1. The topological polar surface area (TPSA) is 81.9 Å². The first-order chi connectivity index (χ1) is 17.8. The van der Waals surface area contributed by atoms with Gasteiger partial charge in [-0.1, -0.05) is 30.0 Å². The first-order valence-electron chi connectivity index (χ1n) is 11.0. The third kappa shape index (κ3) is 6.46. The molecule has 0 aromatic heterocycles. The van der Waals surface area contributed by atoms with E-state index >= 15 is 0 Å². The van der Waals surface area contributed by atoms with E-state index < -0.39 is 4.92 Å². The summed E-state index contributed by atoms with van der Waals surface area (Å²) >= 11 is 10.6. The molecule has 1 aliphatic heterocycles. The zero-order chi connectivity index (χ0) is 26.5. The maximum Gasteiger partial charge on any atom is 0.270 e. The number of anilines is 1. The van der Waals surface area contributed by atoms with Crippen LogP contribution >= 0.6 is 58.3 Å². The van der Waals surface area contributed by atoms with Crippen molar-refractivity contribution in [2.75, 3.05) is 17.8 Å². The molecule has 0 spiro atoms. The quantitative estimate of drug-likeness (QED) is 0.0589. The summed E-state index contributed by atoms with van der Waals surface area (Å²) in [6, 6.07) is 17.7. The minimum atomic E-state index is -0.436. The molecule has 4 rings (SSSR count). The number of hydrogen-bond acceptors (Lipinski definition) is 8. The minimum Gasteiger partial charge on any atom is -0.490 e. The first-order valence-corrected chi connectivity index (χ1v) is 14.6. The lowest BCUT2D eigenvalue weighted by Crippen LogP contribution is -2.27. The molecule has 0 aliphatic carbocycles. The highest BCUT2D eigenvalue weighted by Gasteiger charge is 2.33. The van der Waals surface area contributed by atoms with Crippen molar-refractivity contribution in [3.8, 4) is 11.5 Å². The average molecular weight is 665 g/mol. The molecule has 0 bridgehead atoms. The smallest absolute Gasteiger partial charge is 0.270 e. The molecule has 1 heterocycles. The highest BCUT2D eigenvalue weighted by Crippen LogP contribution is 2.39. The van der Waals surface area contributed by atoms with Crippen LogP contribution < -0.4 is 14.4 Å². The molecule has 7 nitrogen and oxygen atoms in total. The van der Waals surface area contributed by atoms with Gasteiger partial charge in [-0.05, 0) is 95.4 Å². The van der Waals surface area contributed by atoms with E-state index in [0.29, 0.717) is 27.3 Å². The van der Waals surface area contributed by atoms with Gasteiger partial charge in [0.15, 0.2) is 15.8 Å². The molecule has 0 N–H and O–H groups in total. The molecule has 0 radical (unpaired) electrons. The molecule has 11 heteroatoms. The van der Waals surface area contributed by atoms with E-state index in [0.717, 1.165) is 25.3 Å². The summed E-state index contributed by atoms with van der Waals surface area (Å²) in [6.45, 7) is 2.54. The van der Waals surface area contributed by atoms with Gasteiger partial charge in [0.25, 0.3) is 11.6 Å². The Morgan fingerprint density at radius 2 is 1.92 bits per heavy atom. The Morgan fingerprint density at radius 3 is 2.59 bits per heavy atom. The van der Waals surface area contributed by atoms with Crippen molar-refractivity contribution >= 4 is 86.0 Å². The van der Waals surface area contributed by atoms with E-state index in [4.69, 9.17) is 21.7 Å². The summed E-state index contributed by atoms with van der Waals surface area (Å²) in [6.07, 6.45) is 3.79. The van der Waals surface area contributed by atoms with Crippen LogP contribution in [-0.4, -0.2) is 28.0 Å². The largest absolute Gasteiger partial charge is 0.490 e. The van der Waals surface area contributed by atoms with Crippen LogP contribution in [0.3, 0.4) is 0 Å². The van der Waals surface area contributed by atoms with Gasteiger partial charge in [-0.25, -0.2) is 0 Å². The molecule has 0 saturated carbocycles. The van der Waals surface area contributed by atoms with Gasteiger partial charge in [0.05, 0.1) is 25.7 Å². The van der Waals surface area contributed by atoms with Crippen molar-refractivity contribution in [1.82, 2.24) is 0 Å². The highest BCUT2D eigenvalue weighted by molar-refractivity contribution is 14.1. The summed E-state index contributed by atoms with van der Waals surface area (Å²) in [5, 5.41) is 10.9. The number of benzene rings is 3. The zero-order valence-electron chi connectivity index (χ0n) is 19.8. The third-order valence-corrected chi connectivity index (χ3v) is 8.09. The number of thiocarbonyl (C=S) groups is 1. The number of hydrogen-bond donors (Lipinski definition) is 0. The van der Waals surface area contributed by atoms with Crippen LogP contribution in [0.2, 0.25) is 0 Å². The Bertz CT molecular complexity index is 1400. The maximum atomic E-state index is 13.3. The molecule has 190 valence electrons. The fourth-order valence-electron chi connectivity index (χ4n) is 3.53. The van der Waals surface area contributed by atoms with Gasteiger partial charge < -0.3 is 9.47 Å². The fourth-order valence-corrected chi connectivity index (χ4v) is 6.07. The summed E-state index contributed by atoms with van der Waals surface area (Å²) in [4.78, 5) is 26.8. The molecule has 1 aliphatic rings. The van der Waals surface area contributed by atoms with Gasteiger partial charge in [0, 0.05) is 17.0 Å². The van der Waals surface area contributed by atoms with Gasteiger partial charge >= 0.3 is 0 Å². The van der Waals surface area contributed by atoms with Gasteiger partial charge in [0.1, 0.15) is 6.61 Å². The maximum absolute atomic E-state index is 13.3. The van der Waals surface area contributed by atoms with Crippen LogP contribution in [0.1, 0.15) is 18.1 Å². The van der Waals surface area contributed by atoms with E-state index in [1.165, 1.54) is 23.9 Å². The van der Waals surface area contributed by atoms with Crippen LogP contribution in [0.15, 0.2) is 70.5 Å². The second-order valence-electron chi connectivity index (χ2n) is 7.69. The predicted octanol–water partition coefficient (Wildman–Crippen LogP) is 7.30. The van der Waals surface area contributed by atoms with Crippen molar-refractivity contribution in [3.63, 3.8) is 0 Å². The fraction of sp³-hybridized carbons (Fsp3) is 0.154. The van der Waals surface area contributed by atoms with Crippen LogP contribution in [0.5, 0.6) is 11.5 Å². The second kappa shape index (κ2) is 12.3. The number of carbonyl (C=O) groups is 1. The van der Waals surface area contributed by atoms with E-state index in [2.05, 4.69) is 22.6 Å². The van der Waals surface area contributed by atoms with Crippen LogP contribution in [0.25, 0.3) is 6.08 Å². The van der Waals surface area contributed by atoms with Crippen molar-refractivity contribution in [2.45, 2.75) is 18.4 Å². The second-order valence-corrected chi connectivity index (χ2v) is 11.4. The van der Waals surface area contributed by atoms with E-state index in [9.17, 15) is 14.9 Å². The number of carbonyl (C=O) groups excluding carboxylic acids is 1. The molecule has 1 saturated heterocycles. The highest BCUT2D eigenvalue weighted by atomic mass is 127. The monoisotopic (exact) mass is 664 g/mol. The van der Waals surface area contributed by atoms with Crippen molar-refractivity contribution < 1.29 is 19.2 Å². The summed E-state index contributed by atoms with van der Waals surface area (Å²) < 4.78 is 13.2. The Labute approximate surface area is 241 Å². The van der Waals surface area contributed by atoms with Gasteiger partial charge in [-0.2, -0.15) is 0 Å². The number of thioether (sulfide) groups is 2. The summed E-state index contributed by atoms with van der Waals surface area (Å²) in [5.41, 5.74) is 2.36. The Hall–Kier alpha value is -2.61. The lowest BCUT2D eigenvalue weighted by Gasteiger charge is -2.15. The van der Waals surface area contributed by atoms with E-state index in [1.54, 1.807) is 28.8 Å². The molecule has 3 aromatic carbocycles. The lowest BCUT2D eigenvalue weighted by molar-refractivity contribution is -0.384. The minimum absolute atomic E-state index is 0.0278. The standard InChI is InChI=1S/C26H21IN2O5S3/c1-3-33-22-12-17(11-21(27)24(22)34-15-16-7-9-18(10-8-16)29(31)32)13-23-25(30)28(26(35)37-23)19-5-4-6-20(14-19)36-2/h4-14H,3,15H2,1-2H3/b23-13+. The SMILES string of the molecule is CCOc1cc(/C=C2/SC(=S)N(c3cccc(SC)c3)C2=O)cc(I)c1OCc1ccc([N+](=O)[O-])cc1. The summed E-state index contributed by atoms with van der Waals surface area (Å²) in [5.74, 6) is 0.949. The van der Waals surface area contributed by atoms with Gasteiger partial charge in [-0.3, -0.25) is 19.8 Å². The average Bonchev–Trinajstić information content (AvgIpc) is 3.16. The number of nitro groups is 1. The number of amides is 1. The van der Waals surface area contributed by atoms with Crippen LogP contribution in [0, 0.1) is 13.7 Å². The molecular weight excluding hydrogens is 643 g/mol. The van der Waals surface area contributed by atoms with Gasteiger partial charge in [0.2, 0.25) is 0 Å². The molecule has 37 heavy (non-hydrogen) atoms. The van der Waals surface area contributed by atoms with Crippen molar-refractivity contribution in [3.05, 3.63) is 90.4 Å². The molecule has 0 unspecified atom stereocenters. The van der Waals surface area contributed by atoms with Gasteiger partial charge in [-0.15, -0.1) is 11.8 Å². The Balaban J connectivity index is 1.57.